The molecule has 0 aliphatic carbocycles. The first-order valence-electron chi connectivity index (χ1n) is 10.8. The Labute approximate surface area is 189 Å². The molecular weight excluding hydrogens is 406 g/mol. The van der Waals surface area contributed by atoms with Gasteiger partial charge in [-0.05, 0) is 42.4 Å². The van der Waals surface area contributed by atoms with Crippen molar-refractivity contribution < 1.29 is 19.6 Å². The number of anilines is 1. The lowest BCUT2D eigenvalue weighted by Gasteiger charge is -2.31. The lowest BCUT2D eigenvalue weighted by Crippen LogP contribution is -2.53. The number of carbonyl (C=O) groups is 3. The van der Waals surface area contributed by atoms with Crippen molar-refractivity contribution in [3.8, 4) is 0 Å². The van der Waals surface area contributed by atoms with Crippen LogP contribution in [0.5, 0.6) is 0 Å². The molecule has 2 aromatic rings. The highest BCUT2D eigenvalue weighted by Crippen LogP contribution is 2.23. The normalized spacial score (nSPS) is 13.0. The number of rotatable bonds is 10. The molecule has 7 nitrogen and oxygen atoms in total. The van der Waals surface area contributed by atoms with Gasteiger partial charge in [0.25, 0.3) is 0 Å². The van der Waals surface area contributed by atoms with Crippen molar-refractivity contribution in [2.75, 3.05) is 5.32 Å². The predicted molar refractivity (Wildman–Crippen MR) is 124 cm³/mol. The average molecular weight is 440 g/mol. The molecule has 2 atom stereocenters. The van der Waals surface area contributed by atoms with Crippen molar-refractivity contribution in [3.63, 3.8) is 0 Å². The van der Waals surface area contributed by atoms with Crippen molar-refractivity contribution in [1.29, 1.82) is 0 Å². The molecule has 3 amide bonds. The Morgan fingerprint density at radius 2 is 1.50 bits per heavy atom. The number of amides is 3. The minimum absolute atomic E-state index is 0.158. The summed E-state index contributed by atoms with van der Waals surface area (Å²) in [6, 6.07) is 18.1. The Morgan fingerprint density at radius 1 is 0.906 bits per heavy atom. The van der Waals surface area contributed by atoms with Crippen LogP contribution in [0, 0.1) is 11.3 Å². The topological polar surface area (TPSA) is 108 Å². The number of benzene rings is 2. The average Bonchev–Trinajstić information content (AvgIpc) is 2.77. The van der Waals surface area contributed by atoms with E-state index in [0.717, 1.165) is 12.0 Å². The summed E-state index contributed by atoms with van der Waals surface area (Å²) in [6.45, 7) is 5.61. The number of aryl methyl sites for hydroxylation is 1. The van der Waals surface area contributed by atoms with E-state index in [1.165, 1.54) is 0 Å². The molecular formula is C25H33N3O4. The Kier molecular flexibility index (Phi) is 9.40. The lowest BCUT2D eigenvalue weighted by atomic mass is 9.85. The summed E-state index contributed by atoms with van der Waals surface area (Å²) in [6.07, 6.45) is 1.75. The summed E-state index contributed by atoms with van der Waals surface area (Å²) in [7, 11) is 0. The number of carbonyl (C=O) groups excluding carboxylic acids is 3. The first kappa shape index (κ1) is 25.1. The Bertz CT molecular complexity index is 879. The smallest absolute Gasteiger partial charge is 0.247 e. The largest absolute Gasteiger partial charge is 0.344 e. The monoisotopic (exact) mass is 439 g/mol. The molecule has 7 heteroatoms. The number of hydrogen-bond acceptors (Lipinski definition) is 4. The van der Waals surface area contributed by atoms with Crippen molar-refractivity contribution >= 4 is 23.4 Å². The maximum absolute atomic E-state index is 13.1. The van der Waals surface area contributed by atoms with Crippen LogP contribution in [-0.2, 0) is 20.8 Å². The van der Waals surface area contributed by atoms with Crippen molar-refractivity contribution in [2.45, 2.75) is 52.5 Å². The van der Waals surface area contributed by atoms with E-state index in [0.29, 0.717) is 18.5 Å². The molecule has 2 rings (SSSR count). The summed E-state index contributed by atoms with van der Waals surface area (Å²) >= 11 is 0. The molecule has 0 bridgehead atoms. The van der Waals surface area contributed by atoms with Crippen molar-refractivity contribution in [1.82, 2.24) is 10.8 Å². The first-order valence-corrected chi connectivity index (χ1v) is 10.8. The van der Waals surface area contributed by atoms with E-state index in [2.05, 4.69) is 10.6 Å². The molecule has 172 valence electrons. The van der Waals surface area contributed by atoms with Gasteiger partial charge in [0.05, 0.1) is 0 Å². The molecule has 0 aliphatic rings. The van der Waals surface area contributed by atoms with E-state index in [1.807, 2.05) is 69.3 Å². The second-order valence-electron chi connectivity index (χ2n) is 8.98. The molecule has 0 heterocycles. The highest BCUT2D eigenvalue weighted by molar-refractivity contribution is 5.98. The van der Waals surface area contributed by atoms with Gasteiger partial charge in [-0.2, -0.15) is 0 Å². The van der Waals surface area contributed by atoms with Gasteiger partial charge in [0.2, 0.25) is 17.7 Å². The second kappa shape index (κ2) is 12.0. The van der Waals surface area contributed by atoms with Crippen LogP contribution in [0.3, 0.4) is 0 Å². The van der Waals surface area contributed by atoms with Crippen LogP contribution in [0.4, 0.5) is 5.69 Å². The minimum Gasteiger partial charge on any atom is -0.344 e. The van der Waals surface area contributed by atoms with Gasteiger partial charge in [-0.15, -0.1) is 0 Å². The van der Waals surface area contributed by atoms with Gasteiger partial charge >= 0.3 is 0 Å². The summed E-state index contributed by atoms with van der Waals surface area (Å²) in [5, 5.41) is 14.6. The maximum atomic E-state index is 13.1. The SMILES string of the molecule is CC(C)(C)C(NC(=O)C(CCCc1ccccc1)CC(=O)NO)C(=O)Nc1ccccc1. The zero-order valence-electron chi connectivity index (χ0n) is 18.9. The van der Waals surface area contributed by atoms with Gasteiger partial charge in [0.1, 0.15) is 6.04 Å². The van der Waals surface area contributed by atoms with Crippen LogP contribution in [0.15, 0.2) is 60.7 Å². The van der Waals surface area contributed by atoms with Crippen LogP contribution in [-0.4, -0.2) is 29.0 Å². The number of hydrogen-bond donors (Lipinski definition) is 4. The number of para-hydroxylation sites is 1. The highest BCUT2D eigenvalue weighted by Gasteiger charge is 2.35. The van der Waals surface area contributed by atoms with Crippen LogP contribution in [0.1, 0.15) is 45.6 Å². The molecule has 32 heavy (non-hydrogen) atoms. The summed E-state index contributed by atoms with van der Waals surface area (Å²) in [5.41, 5.74) is 2.83. The standard InChI is InChI=1S/C25H33N3O4/c1-25(2,3)22(24(31)26-20-15-8-5-9-16-20)27-23(30)19(17-21(29)28-32)14-10-13-18-11-6-4-7-12-18/h4-9,11-12,15-16,19,22,32H,10,13-14,17H2,1-3H3,(H,26,31)(H,27,30)(H,28,29). The quantitative estimate of drug-likeness (QED) is 0.334. The molecule has 0 spiro atoms. The first-order chi connectivity index (χ1) is 15.2. The van der Waals surface area contributed by atoms with Gasteiger partial charge in [-0.3, -0.25) is 19.6 Å². The van der Waals surface area contributed by atoms with Crippen LogP contribution in [0.2, 0.25) is 0 Å². The van der Waals surface area contributed by atoms with Gasteiger partial charge in [0, 0.05) is 18.0 Å². The van der Waals surface area contributed by atoms with Gasteiger partial charge < -0.3 is 10.6 Å². The Morgan fingerprint density at radius 3 is 2.06 bits per heavy atom. The summed E-state index contributed by atoms with van der Waals surface area (Å²) in [4.78, 5) is 37.8. The fraction of sp³-hybridized carbons (Fsp3) is 0.400. The van der Waals surface area contributed by atoms with E-state index in [9.17, 15) is 14.4 Å². The van der Waals surface area contributed by atoms with Gasteiger partial charge in [-0.25, -0.2) is 5.48 Å². The molecule has 2 aromatic carbocycles. The fourth-order valence-corrected chi connectivity index (χ4v) is 3.46. The number of hydroxylamine groups is 1. The lowest BCUT2D eigenvalue weighted by molar-refractivity contribution is -0.136. The molecule has 0 aromatic heterocycles. The molecule has 0 saturated heterocycles. The van der Waals surface area contributed by atoms with Crippen LogP contribution in [0.25, 0.3) is 0 Å². The summed E-state index contributed by atoms with van der Waals surface area (Å²) < 4.78 is 0. The third kappa shape index (κ3) is 8.15. The zero-order valence-corrected chi connectivity index (χ0v) is 18.9. The van der Waals surface area contributed by atoms with E-state index in [4.69, 9.17) is 5.21 Å². The third-order valence-electron chi connectivity index (χ3n) is 5.24. The van der Waals surface area contributed by atoms with E-state index in [1.54, 1.807) is 17.6 Å². The molecule has 0 radical (unpaired) electrons. The van der Waals surface area contributed by atoms with Crippen molar-refractivity contribution in [3.05, 3.63) is 66.2 Å². The van der Waals surface area contributed by atoms with Crippen LogP contribution < -0.4 is 16.1 Å². The Balaban J connectivity index is 2.08. The molecule has 0 saturated carbocycles. The summed E-state index contributed by atoms with van der Waals surface area (Å²) in [5.74, 6) is -2.01. The van der Waals surface area contributed by atoms with E-state index < -0.39 is 23.3 Å². The minimum atomic E-state index is -0.802. The molecule has 0 aliphatic heterocycles. The third-order valence-corrected chi connectivity index (χ3v) is 5.24. The molecule has 0 fully saturated rings. The zero-order chi connectivity index (χ0) is 23.6. The Hall–Kier alpha value is -3.19. The van der Waals surface area contributed by atoms with E-state index >= 15 is 0 Å². The van der Waals surface area contributed by atoms with Gasteiger partial charge in [0.15, 0.2) is 0 Å². The van der Waals surface area contributed by atoms with Crippen molar-refractivity contribution in [2.24, 2.45) is 11.3 Å². The van der Waals surface area contributed by atoms with E-state index in [-0.39, 0.29) is 18.2 Å². The number of nitrogens with one attached hydrogen (secondary N) is 3. The fourth-order valence-electron chi connectivity index (χ4n) is 3.46. The second-order valence-corrected chi connectivity index (χ2v) is 8.98. The molecule has 2 unspecified atom stereocenters. The predicted octanol–water partition coefficient (Wildman–Crippen LogP) is 3.69. The van der Waals surface area contributed by atoms with Crippen LogP contribution >= 0.6 is 0 Å². The maximum Gasteiger partial charge on any atom is 0.247 e. The highest BCUT2D eigenvalue weighted by atomic mass is 16.5. The molecule has 4 N–H and O–H groups in total. The van der Waals surface area contributed by atoms with Gasteiger partial charge in [-0.1, -0.05) is 69.3 Å².